The molecule has 1 unspecified atom stereocenters. The number of aromatic nitrogens is 2. The average molecular weight is 199 g/mol. The summed E-state index contributed by atoms with van der Waals surface area (Å²) in [5, 5.41) is 0. The first kappa shape index (κ1) is 10.6. The van der Waals surface area contributed by atoms with Crippen LogP contribution in [0.3, 0.4) is 0 Å². The van der Waals surface area contributed by atoms with Crippen molar-refractivity contribution in [3.63, 3.8) is 0 Å². The molecule has 0 aromatic carbocycles. The van der Waals surface area contributed by atoms with Crippen LogP contribution in [0.15, 0.2) is 12.4 Å². The van der Waals surface area contributed by atoms with E-state index in [1.165, 1.54) is 0 Å². The highest BCUT2D eigenvalue weighted by atomic mass is 32.2. The molecular formula is C9H17N3S. The topological polar surface area (TPSA) is 43.8 Å². The molecule has 0 spiro atoms. The second-order valence-corrected chi connectivity index (χ2v) is 4.16. The van der Waals surface area contributed by atoms with E-state index in [9.17, 15) is 0 Å². The van der Waals surface area contributed by atoms with Gasteiger partial charge in [-0.25, -0.2) is 4.98 Å². The number of hydrogen-bond donors (Lipinski definition) is 1. The van der Waals surface area contributed by atoms with Gasteiger partial charge in [0.05, 0.1) is 6.04 Å². The second-order valence-electron chi connectivity index (χ2n) is 2.84. The van der Waals surface area contributed by atoms with Crippen LogP contribution in [0.4, 0.5) is 0 Å². The van der Waals surface area contributed by atoms with E-state index in [1.807, 2.05) is 24.2 Å². The van der Waals surface area contributed by atoms with Gasteiger partial charge in [0.2, 0.25) is 0 Å². The van der Waals surface area contributed by atoms with E-state index in [-0.39, 0.29) is 6.04 Å². The quantitative estimate of drug-likeness (QED) is 0.784. The van der Waals surface area contributed by atoms with E-state index >= 15 is 0 Å². The molecule has 13 heavy (non-hydrogen) atoms. The highest BCUT2D eigenvalue weighted by molar-refractivity contribution is 7.99. The van der Waals surface area contributed by atoms with Gasteiger partial charge in [-0.15, -0.1) is 0 Å². The third-order valence-electron chi connectivity index (χ3n) is 1.92. The van der Waals surface area contributed by atoms with Gasteiger partial charge >= 0.3 is 0 Å². The first-order chi connectivity index (χ1) is 6.29. The lowest BCUT2D eigenvalue weighted by atomic mass is 10.3. The fraction of sp³-hybridized carbons (Fsp3) is 0.667. The summed E-state index contributed by atoms with van der Waals surface area (Å²) in [5.74, 6) is 3.07. The highest BCUT2D eigenvalue weighted by Crippen LogP contribution is 2.13. The summed E-state index contributed by atoms with van der Waals surface area (Å²) in [5.41, 5.74) is 6.00. The minimum absolute atomic E-state index is 0.0694. The molecule has 1 atom stereocenters. The van der Waals surface area contributed by atoms with E-state index in [2.05, 4.69) is 23.4 Å². The van der Waals surface area contributed by atoms with Gasteiger partial charge in [0, 0.05) is 24.7 Å². The van der Waals surface area contributed by atoms with Crippen molar-refractivity contribution in [3.8, 4) is 0 Å². The van der Waals surface area contributed by atoms with Crippen LogP contribution >= 0.6 is 11.8 Å². The standard InChI is InChI=1S/C9H17N3S/c1-3-12-6-5-11-9(12)8(10)7-13-4-2/h5-6,8H,3-4,7,10H2,1-2H3. The summed E-state index contributed by atoms with van der Waals surface area (Å²) < 4.78 is 2.10. The van der Waals surface area contributed by atoms with Gasteiger partial charge in [-0.3, -0.25) is 0 Å². The molecule has 0 saturated carbocycles. The summed E-state index contributed by atoms with van der Waals surface area (Å²) >= 11 is 1.86. The van der Waals surface area contributed by atoms with Crippen molar-refractivity contribution in [2.75, 3.05) is 11.5 Å². The van der Waals surface area contributed by atoms with Crippen LogP contribution in [0, 0.1) is 0 Å². The van der Waals surface area contributed by atoms with Crippen molar-refractivity contribution < 1.29 is 0 Å². The average Bonchev–Trinajstić information content (AvgIpc) is 2.61. The minimum atomic E-state index is 0.0694. The van der Waals surface area contributed by atoms with Gasteiger partial charge in [-0.05, 0) is 12.7 Å². The van der Waals surface area contributed by atoms with Crippen LogP contribution in [0.25, 0.3) is 0 Å². The largest absolute Gasteiger partial charge is 0.334 e. The number of thioether (sulfide) groups is 1. The van der Waals surface area contributed by atoms with E-state index in [4.69, 9.17) is 5.73 Å². The molecule has 0 fully saturated rings. The molecule has 1 rings (SSSR count). The Bertz CT molecular complexity index is 247. The van der Waals surface area contributed by atoms with Crippen LogP contribution in [0.5, 0.6) is 0 Å². The van der Waals surface area contributed by atoms with Gasteiger partial charge in [0.15, 0.2) is 0 Å². The van der Waals surface area contributed by atoms with Crippen LogP contribution < -0.4 is 5.73 Å². The summed E-state index contributed by atoms with van der Waals surface area (Å²) in [6.07, 6.45) is 3.79. The molecule has 2 N–H and O–H groups in total. The van der Waals surface area contributed by atoms with E-state index in [0.717, 1.165) is 23.9 Å². The number of nitrogens with two attached hydrogens (primary N) is 1. The molecule has 74 valence electrons. The Morgan fingerprint density at radius 1 is 1.62 bits per heavy atom. The predicted molar refractivity (Wildman–Crippen MR) is 57.8 cm³/mol. The Morgan fingerprint density at radius 2 is 2.38 bits per heavy atom. The Kier molecular flexibility index (Phi) is 4.32. The normalized spacial score (nSPS) is 13.2. The summed E-state index contributed by atoms with van der Waals surface area (Å²) in [7, 11) is 0. The van der Waals surface area contributed by atoms with Gasteiger partial charge in [0.25, 0.3) is 0 Å². The Hall–Kier alpha value is -0.480. The van der Waals surface area contributed by atoms with Gasteiger partial charge in [-0.2, -0.15) is 11.8 Å². The number of aryl methyl sites for hydroxylation is 1. The van der Waals surface area contributed by atoms with E-state index in [1.54, 1.807) is 0 Å². The lowest BCUT2D eigenvalue weighted by Gasteiger charge is -2.11. The molecule has 0 saturated heterocycles. The van der Waals surface area contributed by atoms with E-state index in [0.29, 0.717) is 0 Å². The molecule has 3 nitrogen and oxygen atoms in total. The van der Waals surface area contributed by atoms with Crippen molar-refractivity contribution in [1.29, 1.82) is 0 Å². The third kappa shape index (κ3) is 2.74. The Balaban J connectivity index is 2.59. The smallest absolute Gasteiger partial charge is 0.126 e. The predicted octanol–water partition coefficient (Wildman–Crippen LogP) is 1.66. The molecule has 0 aliphatic heterocycles. The maximum Gasteiger partial charge on any atom is 0.126 e. The van der Waals surface area contributed by atoms with Crippen LogP contribution in [-0.4, -0.2) is 21.1 Å². The first-order valence-electron chi connectivity index (χ1n) is 4.63. The molecule has 0 amide bonds. The molecule has 0 radical (unpaired) electrons. The molecule has 1 aromatic rings. The Morgan fingerprint density at radius 3 is 3.00 bits per heavy atom. The number of rotatable bonds is 5. The third-order valence-corrected chi connectivity index (χ3v) is 2.92. The van der Waals surface area contributed by atoms with Crippen LogP contribution in [0.1, 0.15) is 25.7 Å². The lowest BCUT2D eigenvalue weighted by molar-refractivity contribution is 0.642. The maximum atomic E-state index is 6.00. The second kappa shape index (κ2) is 5.29. The minimum Gasteiger partial charge on any atom is -0.334 e. The summed E-state index contributed by atoms with van der Waals surface area (Å²) in [4.78, 5) is 4.26. The molecule has 0 bridgehead atoms. The maximum absolute atomic E-state index is 6.00. The van der Waals surface area contributed by atoms with Crippen molar-refractivity contribution in [2.45, 2.75) is 26.4 Å². The van der Waals surface area contributed by atoms with Crippen molar-refractivity contribution >= 4 is 11.8 Å². The van der Waals surface area contributed by atoms with Gasteiger partial charge in [0.1, 0.15) is 5.82 Å². The fourth-order valence-corrected chi connectivity index (χ4v) is 1.87. The van der Waals surface area contributed by atoms with Crippen molar-refractivity contribution in [1.82, 2.24) is 9.55 Å². The zero-order valence-corrected chi connectivity index (χ0v) is 9.05. The lowest BCUT2D eigenvalue weighted by Crippen LogP contribution is -2.18. The zero-order valence-electron chi connectivity index (χ0n) is 8.23. The molecular weight excluding hydrogens is 182 g/mol. The molecule has 1 aromatic heterocycles. The molecule has 0 aliphatic carbocycles. The van der Waals surface area contributed by atoms with Gasteiger partial charge < -0.3 is 10.3 Å². The number of imidazole rings is 1. The molecule has 4 heteroatoms. The molecule has 0 aliphatic rings. The van der Waals surface area contributed by atoms with Crippen LogP contribution in [0.2, 0.25) is 0 Å². The highest BCUT2D eigenvalue weighted by Gasteiger charge is 2.10. The SMILES string of the molecule is CCSCC(N)c1nccn1CC. The summed E-state index contributed by atoms with van der Waals surface area (Å²) in [6.45, 7) is 5.19. The Labute approximate surface area is 83.7 Å². The van der Waals surface area contributed by atoms with Crippen LogP contribution in [-0.2, 0) is 6.54 Å². The molecule has 1 heterocycles. The van der Waals surface area contributed by atoms with Crippen molar-refractivity contribution in [3.05, 3.63) is 18.2 Å². The first-order valence-corrected chi connectivity index (χ1v) is 5.79. The number of nitrogens with zero attached hydrogens (tertiary/aromatic N) is 2. The van der Waals surface area contributed by atoms with E-state index < -0.39 is 0 Å². The number of hydrogen-bond acceptors (Lipinski definition) is 3. The monoisotopic (exact) mass is 199 g/mol. The van der Waals surface area contributed by atoms with Crippen molar-refractivity contribution in [2.24, 2.45) is 5.73 Å². The summed E-state index contributed by atoms with van der Waals surface area (Å²) in [6, 6.07) is 0.0694. The zero-order chi connectivity index (χ0) is 9.68. The fourth-order valence-electron chi connectivity index (χ4n) is 1.24. The van der Waals surface area contributed by atoms with Gasteiger partial charge in [-0.1, -0.05) is 6.92 Å².